The maximum Gasteiger partial charge on any atom is 0.251 e. The summed E-state index contributed by atoms with van der Waals surface area (Å²) in [6, 6.07) is 0. The fraction of sp³-hybridized carbons (Fsp3) is 0.500. The van der Waals surface area contributed by atoms with Crippen LogP contribution in [0.3, 0.4) is 0 Å². The van der Waals surface area contributed by atoms with Gasteiger partial charge in [0, 0.05) is 0 Å². The van der Waals surface area contributed by atoms with Gasteiger partial charge in [0.2, 0.25) is 0 Å². The predicted octanol–water partition coefficient (Wildman–Crippen LogP) is -2.23. The average molecular weight is 166 g/mol. The average Bonchev–Trinajstić information content (AvgIpc) is 2.00. The molecule has 0 fully saturated rings. The first kappa shape index (κ1) is 9.41. The second-order valence-corrected chi connectivity index (χ2v) is 2.78. The zero-order valence-corrected chi connectivity index (χ0v) is 5.76. The molecule has 0 saturated heterocycles. The predicted molar refractivity (Wildman–Crippen MR) is 32.3 cm³/mol. The van der Waals surface area contributed by atoms with Crippen LogP contribution in [0.2, 0.25) is 0 Å². The van der Waals surface area contributed by atoms with Crippen molar-refractivity contribution in [1.82, 2.24) is 0 Å². The molecule has 0 aliphatic heterocycles. The molecule has 0 aromatic rings. The molecule has 10 heavy (non-hydrogen) atoms. The van der Waals surface area contributed by atoms with Crippen LogP contribution in [0.15, 0.2) is 0 Å². The minimum Gasteiger partial charge on any atom is -0.388 e. The Labute approximate surface area is 59.1 Å². The van der Waals surface area contributed by atoms with Crippen molar-refractivity contribution < 1.29 is 24.0 Å². The molecule has 58 valence electrons. The third-order valence-corrected chi connectivity index (χ3v) is 1.76. The zero-order valence-electron chi connectivity index (χ0n) is 4.94. The van der Waals surface area contributed by atoms with Crippen molar-refractivity contribution in [2.45, 2.75) is 0 Å². The van der Waals surface area contributed by atoms with Crippen molar-refractivity contribution in [1.29, 1.82) is 0 Å². The van der Waals surface area contributed by atoms with Crippen molar-refractivity contribution in [3.63, 3.8) is 0 Å². The van der Waals surface area contributed by atoms with Gasteiger partial charge in [0.05, 0.1) is 0 Å². The van der Waals surface area contributed by atoms with E-state index in [0.29, 0.717) is 0 Å². The Morgan fingerprint density at radius 2 is 1.40 bits per heavy atom. The summed E-state index contributed by atoms with van der Waals surface area (Å²) in [5, 5.41) is 14.0. The normalized spacial score (nSPS) is 9.90. The largest absolute Gasteiger partial charge is 0.388 e. The summed E-state index contributed by atoms with van der Waals surface area (Å²) in [5.41, 5.74) is 0. The lowest BCUT2D eigenvalue weighted by molar-refractivity contribution is -0.116. The molecule has 0 aromatic heterocycles. The number of rotatable bonds is 2. The first-order valence-electron chi connectivity index (χ1n) is 2.32. The van der Waals surface area contributed by atoms with E-state index in [1.807, 2.05) is 0 Å². The van der Waals surface area contributed by atoms with Crippen LogP contribution in [-0.4, -0.2) is 37.9 Å². The van der Waals surface area contributed by atoms with Gasteiger partial charge < -0.3 is 10.2 Å². The first-order valence-corrected chi connectivity index (χ1v) is 3.47. The number of hydrogen-bond acceptors (Lipinski definition) is 5. The van der Waals surface area contributed by atoms with Crippen molar-refractivity contribution >= 4 is 21.0 Å². The topological polar surface area (TPSA) is 91.7 Å². The molecule has 0 bridgehead atoms. The summed E-state index contributed by atoms with van der Waals surface area (Å²) in [7, 11) is -2.39. The highest BCUT2D eigenvalue weighted by Crippen LogP contribution is 1.85. The molecule has 0 aliphatic rings. The molecule has 0 radical (unpaired) electrons. The summed E-state index contributed by atoms with van der Waals surface area (Å²) in [6.07, 6.45) is 0. The third-order valence-electron chi connectivity index (χ3n) is 0.672. The highest BCUT2D eigenvalue weighted by atomic mass is 32.2. The second kappa shape index (κ2) is 4.26. The van der Waals surface area contributed by atoms with E-state index in [2.05, 4.69) is 0 Å². The number of aliphatic hydroxyl groups excluding tert-OH is 2. The SMILES string of the molecule is O=C(CO)S(=O)C(=O)CO. The smallest absolute Gasteiger partial charge is 0.251 e. The Kier molecular flexibility index (Phi) is 4.01. The number of carbonyl (C=O) groups is 2. The van der Waals surface area contributed by atoms with Crippen LogP contribution in [-0.2, 0) is 20.4 Å². The van der Waals surface area contributed by atoms with Gasteiger partial charge in [-0.05, 0) is 0 Å². The molecule has 0 spiro atoms. The van der Waals surface area contributed by atoms with Crippen LogP contribution in [0, 0.1) is 0 Å². The van der Waals surface area contributed by atoms with E-state index >= 15 is 0 Å². The zero-order chi connectivity index (χ0) is 8.15. The first-order chi connectivity index (χ1) is 4.63. The quantitative estimate of drug-likeness (QED) is 0.484. The van der Waals surface area contributed by atoms with Crippen LogP contribution in [0.25, 0.3) is 0 Å². The molecule has 0 aliphatic carbocycles. The van der Waals surface area contributed by atoms with E-state index in [-0.39, 0.29) is 0 Å². The molecule has 0 atom stereocenters. The van der Waals surface area contributed by atoms with Crippen molar-refractivity contribution in [3.05, 3.63) is 0 Å². The van der Waals surface area contributed by atoms with Gasteiger partial charge in [0.1, 0.15) is 13.2 Å². The summed E-state index contributed by atoms with van der Waals surface area (Å²) in [6.45, 7) is -1.89. The van der Waals surface area contributed by atoms with E-state index in [9.17, 15) is 13.8 Å². The molecular formula is C4H6O5S. The van der Waals surface area contributed by atoms with Gasteiger partial charge in [-0.25, -0.2) is 4.21 Å². The fourth-order valence-corrected chi connectivity index (χ4v) is 0.733. The molecule has 6 heteroatoms. The summed E-state index contributed by atoms with van der Waals surface area (Å²) in [5.74, 6) is 0. The lowest BCUT2D eigenvalue weighted by atomic mass is 10.8. The van der Waals surface area contributed by atoms with Crippen LogP contribution in [0.4, 0.5) is 0 Å². The summed E-state index contributed by atoms with van der Waals surface area (Å²) in [4.78, 5) is 20.5. The van der Waals surface area contributed by atoms with Gasteiger partial charge in [-0.15, -0.1) is 0 Å². The molecule has 0 amide bonds. The number of hydrogen-bond donors (Lipinski definition) is 2. The highest BCUT2D eigenvalue weighted by Gasteiger charge is 2.17. The number of carbonyl (C=O) groups excluding carboxylic acids is 2. The Morgan fingerprint density at radius 1 is 1.10 bits per heavy atom. The van der Waals surface area contributed by atoms with E-state index in [1.165, 1.54) is 0 Å². The summed E-state index contributed by atoms with van der Waals surface area (Å²) < 4.78 is 10.4. The van der Waals surface area contributed by atoms with Crippen molar-refractivity contribution in [3.8, 4) is 0 Å². The maximum absolute atomic E-state index is 10.4. The summed E-state index contributed by atoms with van der Waals surface area (Å²) >= 11 is 0. The van der Waals surface area contributed by atoms with Gasteiger partial charge >= 0.3 is 0 Å². The van der Waals surface area contributed by atoms with Gasteiger partial charge in [0.15, 0.2) is 10.8 Å². The Hall–Kier alpha value is -0.590. The van der Waals surface area contributed by atoms with Gasteiger partial charge in [-0.1, -0.05) is 0 Å². The van der Waals surface area contributed by atoms with Crippen molar-refractivity contribution in [2.75, 3.05) is 13.2 Å². The van der Waals surface area contributed by atoms with E-state index < -0.39 is 34.2 Å². The van der Waals surface area contributed by atoms with Crippen LogP contribution in [0.1, 0.15) is 0 Å². The molecule has 0 rings (SSSR count). The minimum absolute atomic E-state index is 0.946. The lowest BCUT2D eigenvalue weighted by Gasteiger charge is -1.91. The van der Waals surface area contributed by atoms with Crippen LogP contribution in [0.5, 0.6) is 0 Å². The minimum atomic E-state index is -2.39. The van der Waals surface area contributed by atoms with Gasteiger partial charge in [0.25, 0.3) is 10.2 Å². The van der Waals surface area contributed by atoms with E-state index in [4.69, 9.17) is 10.2 Å². The van der Waals surface area contributed by atoms with Crippen LogP contribution < -0.4 is 0 Å². The third kappa shape index (κ3) is 2.34. The Morgan fingerprint density at radius 3 is 1.60 bits per heavy atom. The van der Waals surface area contributed by atoms with Gasteiger partial charge in [-0.2, -0.15) is 0 Å². The molecule has 5 nitrogen and oxygen atoms in total. The second-order valence-electron chi connectivity index (χ2n) is 1.33. The molecular weight excluding hydrogens is 160 g/mol. The molecule has 2 N–H and O–H groups in total. The van der Waals surface area contributed by atoms with Crippen molar-refractivity contribution in [2.24, 2.45) is 0 Å². The van der Waals surface area contributed by atoms with Gasteiger partial charge in [-0.3, -0.25) is 9.59 Å². The standard InChI is InChI=1S/C4H6O5S/c5-1-3(7)10(9)4(8)2-6/h5-6H,1-2H2. The van der Waals surface area contributed by atoms with E-state index in [0.717, 1.165) is 0 Å². The molecule has 0 unspecified atom stereocenters. The Bertz CT molecular complexity index is 156. The molecule has 0 saturated carbocycles. The molecule has 0 aromatic carbocycles. The highest BCUT2D eigenvalue weighted by molar-refractivity contribution is 8.13. The number of aliphatic hydroxyl groups is 2. The maximum atomic E-state index is 10.4. The van der Waals surface area contributed by atoms with Crippen LogP contribution >= 0.6 is 0 Å². The van der Waals surface area contributed by atoms with E-state index in [1.54, 1.807) is 0 Å². The lowest BCUT2D eigenvalue weighted by Crippen LogP contribution is -2.22. The Balaban J connectivity index is 4.09. The fourth-order valence-electron chi connectivity index (χ4n) is 0.244. The monoisotopic (exact) mass is 166 g/mol. The molecule has 0 heterocycles.